The summed E-state index contributed by atoms with van der Waals surface area (Å²) in [5.74, 6) is -0.190. The minimum atomic E-state index is -0.498. The van der Waals surface area contributed by atoms with Crippen molar-refractivity contribution < 1.29 is 8.78 Å². The first-order valence-corrected chi connectivity index (χ1v) is 6.35. The van der Waals surface area contributed by atoms with Crippen molar-refractivity contribution in [3.63, 3.8) is 0 Å². The highest BCUT2D eigenvalue weighted by atomic mass is 19.1. The predicted molar refractivity (Wildman–Crippen MR) is 65.0 cm³/mol. The van der Waals surface area contributed by atoms with Gasteiger partial charge in [-0.05, 0) is 36.4 Å². The quantitative estimate of drug-likeness (QED) is 0.848. The Labute approximate surface area is 101 Å². The summed E-state index contributed by atoms with van der Waals surface area (Å²) in [7, 11) is 0. The van der Waals surface area contributed by atoms with Crippen molar-refractivity contribution in [2.24, 2.45) is 5.92 Å². The lowest BCUT2D eigenvalue weighted by molar-refractivity contribution is 0.159. The zero-order valence-corrected chi connectivity index (χ0v) is 10.3. The highest BCUT2D eigenvalue weighted by Crippen LogP contribution is 2.45. The average Bonchev–Trinajstić information content (AvgIpc) is 2.26. The molecule has 0 aromatic heterocycles. The van der Waals surface area contributed by atoms with Crippen LogP contribution < -0.4 is 5.32 Å². The van der Waals surface area contributed by atoms with Gasteiger partial charge in [0.05, 0.1) is 0 Å². The highest BCUT2D eigenvalue weighted by molar-refractivity contribution is 5.27. The molecular formula is C14H19F2N. The van der Waals surface area contributed by atoms with E-state index < -0.39 is 11.6 Å². The Balaban J connectivity index is 2.13. The van der Waals surface area contributed by atoms with Crippen LogP contribution in [0.5, 0.6) is 0 Å². The molecule has 1 aromatic rings. The van der Waals surface area contributed by atoms with Crippen molar-refractivity contribution >= 4 is 0 Å². The molecule has 1 nitrogen and oxygen atoms in total. The van der Waals surface area contributed by atoms with Gasteiger partial charge in [-0.15, -0.1) is 0 Å². The number of nitrogens with one attached hydrogen (secondary N) is 1. The molecule has 1 fully saturated rings. The Bertz CT molecular complexity index is 392. The molecule has 0 amide bonds. The number of hydrogen-bond acceptors (Lipinski definition) is 1. The Kier molecular flexibility index (Phi) is 3.77. The molecule has 0 aliphatic heterocycles. The third kappa shape index (κ3) is 2.34. The minimum Gasteiger partial charge on any atom is -0.314 e. The second kappa shape index (κ2) is 5.13. The van der Waals surface area contributed by atoms with E-state index in [9.17, 15) is 8.78 Å². The van der Waals surface area contributed by atoms with Gasteiger partial charge >= 0.3 is 0 Å². The summed E-state index contributed by atoms with van der Waals surface area (Å²) in [6, 6.07) is 4.42. The first-order chi connectivity index (χ1) is 8.17. The Morgan fingerprint density at radius 1 is 1.29 bits per heavy atom. The SMILES string of the molecule is CCNC1CC(c2ccc(F)cc2F)C1CC. The molecule has 0 heterocycles. The van der Waals surface area contributed by atoms with Crippen LogP contribution in [0.4, 0.5) is 8.78 Å². The lowest BCUT2D eigenvalue weighted by Crippen LogP contribution is -2.49. The lowest BCUT2D eigenvalue weighted by atomic mass is 9.65. The van der Waals surface area contributed by atoms with Crippen molar-refractivity contribution in [2.75, 3.05) is 6.54 Å². The molecule has 1 aromatic carbocycles. The van der Waals surface area contributed by atoms with Crippen LogP contribution in [0.1, 0.15) is 38.2 Å². The highest BCUT2D eigenvalue weighted by Gasteiger charge is 2.40. The first kappa shape index (κ1) is 12.5. The fraction of sp³-hybridized carbons (Fsp3) is 0.571. The average molecular weight is 239 g/mol. The molecule has 3 atom stereocenters. The molecule has 0 bridgehead atoms. The maximum Gasteiger partial charge on any atom is 0.129 e. The maximum atomic E-state index is 13.7. The molecule has 94 valence electrons. The minimum absolute atomic E-state index is 0.240. The number of benzene rings is 1. The molecule has 1 N–H and O–H groups in total. The third-order valence-corrected chi connectivity index (χ3v) is 3.84. The fourth-order valence-corrected chi connectivity index (χ4v) is 2.93. The van der Waals surface area contributed by atoms with E-state index in [1.807, 2.05) is 0 Å². The first-order valence-electron chi connectivity index (χ1n) is 6.35. The van der Waals surface area contributed by atoms with Gasteiger partial charge in [0, 0.05) is 12.1 Å². The fourth-order valence-electron chi connectivity index (χ4n) is 2.93. The molecule has 2 rings (SSSR count). The summed E-state index contributed by atoms with van der Waals surface area (Å²) in [5.41, 5.74) is 0.674. The topological polar surface area (TPSA) is 12.0 Å². The zero-order chi connectivity index (χ0) is 12.4. The van der Waals surface area contributed by atoms with E-state index in [1.54, 1.807) is 6.07 Å². The molecule has 1 saturated carbocycles. The van der Waals surface area contributed by atoms with Gasteiger partial charge in [-0.1, -0.05) is 26.3 Å². The van der Waals surface area contributed by atoms with Gasteiger partial charge in [-0.2, -0.15) is 0 Å². The van der Waals surface area contributed by atoms with E-state index in [0.29, 0.717) is 17.5 Å². The van der Waals surface area contributed by atoms with Crippen LogP contribution >= 0.6 is 0 Å². The van der Waals surface area contributed by atoms with E-state index in [2.05, 4.69) is 19.2 Å². The van der Waals surface area contributed by atoms with Gasteiger partial charge in [-0.3, -0.25) is 0 Å². The molecule has 3 heteroatoms. The summed E-state index contributed by atoms with van der Waals surface area (Å²) in [4.78, 5) is 0. The van der Waals surface area contributed by atoms with Crippen LogP contribution in [0.3, 0.4) is 0 Å². The normalized spacial score (nSPS) is 27.9. The summed E-state index contributed by atoms with van der Waals surface area (Å²) in [5, 5.41) is 3.42. The molecular weight excluding hydrogens is 220 g/mol. The van der Waals surface area contributed by atoms with E-state index in [1.165, 1.54) is 6.07 Å². The van der Waals surface area contributed by atoms with E-state index in [0.717, 1.165) is 25.5 Å². The Morgan fingerprint density at radius 2 is 2.06 bits per heavy atom. The van der Waals surface area contributed by atoms with Crippen LogP contribution in [0.2, 0.25) is 0 Å². The number of hydrogen-bond donors (Lipinski definition) is 1. The monoisotopic (exact) mass is 239 g/mol. The summed E-state index contributed by atoms with van der Waals surface area (Å²) in [6.07, 6.45) is 1.98. The van der Waals surface area contributed by atoms with Crippen LogP contribution in [-0.2, 0) is 0 Å². The van der Waals surface area contributed by atoms with E-state index in [4.69, 9.17) is 0 Å². The van der Waals surface area contributed by atoms with E-state index in [-0.39, 0.29) is 5.92 Å². The second-order valence-corrected chi connectivity index (χ2v) is 4.74. The summed E-state index contributed by atoms with van der Waals surface area (Å²) >= 11 is 0. The van der Waals surface area contributed by atoms with Crippen LogP contribution in [0.15, 0.2) is 18.2 Å². The van der Waals surface area contributed by atoms with Crippen LogP contribution in [-0.4, -0.2) is 12.6 Å². The summed E-state index contributed by atoms with van der Waals surface area (Å²) in [6.45, 7) is 5.15. The Morgan fingerprint density at radius 3 is 2.65 bits per heavy atom. The van der Waals surface area contributed by atoms with Crippen LogP contribution in [0.25, 0.3) is 0 Å². The van der Waals surface area contributed by atoms with Crippen molar-refractivity contribution in [3.05, 3.63) is 35.4 Å². The predicted octanol–water partition coefficient (Wildman–Crippen LogP) is 3.46. The van der Waals surface area contributed by atoms with Gasteiger partial charge in [0.1, 0.15) is 11.6 Å². The summed E-state index contributed by atoms with van der Waals surface area (Å²) < 4.78 is 26.5. The van der Waals surface area contributed by atoms with Gasteiger partial charge in [0.25, 0.3) is 0 Å². The number of halogens is 2. The smallest absolute Gasteiger partial charge is 0.129 e. The second-order valence-electron chi connectivity index (χ2n) is 4.74. The van der Waals surface area contributed by atoms with Gasteiger partial charge in [0.2, 0.25) is 0 Å². The van der Waals surface area contributed by atoms with Crippen molar-refractivity contribution in [1.29, 1.82) is 0 Å². The van der Waals surface area contributed by atoms with Crippen molar-refractivity contribution in [1.82, 2.24) is 5.32 Å². The lowest BCUT2D eigenvalue weighted by Gasteiger charge is -2.45. The molecule has 0 saturated heterocycles. The molecule has 3 unspecified atom stereocenters. The molecule has 0 radical (unpaired) electrons. The van der Waals surface area contributed by atoms with Crippen LogP contribution in [0, 0.1) is 17.6 Å². The van der Waals surface area contributed by atoms with Crippen molar-refractivity contribution in [2.45, 2.75) is 38.6 Å². The third-order valence-electron chi connectivity index (χ3n) is 3.84. The largest absolute Gasteiger partial charge is 0.314 e. The van der Waals surface area contributed by atoms with Crippen molar-refractivity contribution in [3.8, 4) is 0 Å². The Hall–Kier alpha value is -0.960. The maximum absolute atomic E-state index is 13.7. The molecule has 0 spiro atoms. The molecule has 1 aliphatic carbocycles. The molecule has 17 heavy (non-hydrogen) atoms. The van der Waals surface area contributed by atoms with E-state index >= 15 is 0 Å². The zero-order valence-electron chi connectivity index (χ0n) is 10.3. The van der Waals surface area contributed by atoms with Gasteiger partial charge < -0.3 is 5.32 Å². The standard InChI is InChI=1S/C14H19F2N/c1-3-10-12(8-14(10)17-4-2)11-6-5-9(15)7-13(11)16/h5-7,10,12,14,17H,3-4,8H2,1-2H3. The van der Waals surface area contributed by atoms with Gasteiger partial charge in [-0.25, -0.2) is 8.78 Å². The molecule has 1 aliphatic rings. The number of rotatable bonds is 4. The van der Waals surface area contributed by atoms with Gasteiger partial charge in [0.15, 0.2) is 0 Å².